The number of hydrazone groups is 1. The number of carboxylic acids is 1. The second kappa shape index (κ2) is 11.6. The number of benzene rings is 3. The molecule has 0 saturated heterocycles. The monoisotopic (exact) mass is 558 g/mol. The van der Waals surface area contributed by atoms with Crippen molar-refractivity contribution in [3.05, 3.63) is 89.5 Å². The molecule has 2 heterocycles. The van der Waals surface area contributed by atoms with E-state index < -0.39 is 17.1 Å². The highest BCUT2D eigenvalue weighted by molar-refractivity contribution is 8.15. The van der Waals surface area contributed by atoms with Gasteiger partial charge in [0.25, 0.3) is 5.91 Å². The van der Waals surface area contributed by atoms with Crippen LogP contribution in [0.4, 0.5) is 5.69 Å². The van der Waals surface area contributed by atoms with Gasteiger partial charge in [-0.05, 0) is 71.8 Å². The zero-order chi connectivity index (χ0) is 28.2. The number of aliphatic imine (C=N–C) groups is 1. The van der Waals surface area contributed by atoms with Gasteiger partial charge in [-0.25, -0.2) is 9.80 Å². The van der Waals surface area contributed by atoms with Crippen LogP contribution in [0.5, 0.6) is 11.5 Å². The zero-order valence-electron chi connectivity index (χ0n) is 21.7. The molecule has 2 unspecified atom stereocenters. The average molecular weight is 559 g/mol. The third-order valence-corrected chi connectivity index (χ3v) is 7.69. The number of ether oxygens (including phenoxy) is 2. The predicted molar refractivity (Wildman–Crippen MR) is 152 cm³/mol. The smallest absolute Gasteiger partial charge is 0.335 e. The Morgan fingerprint density at radius 2 is 1.60 bits per heavy atom. The summed E-state index contributed by atoms with van der Waals surface area (Å²) in [5, 5.41) is 18.1. The topological polar surface area (TPSA) is 130 Å². The van der Waals surface area contributed by atoms with Crippen LogP contribution in [0, 0.1) is 0 Å². The van der Waals surface area contributed by atoms with Crippen molar-refractivity contribution in [2.24, 2.45) is 10.1 Å². The molecule has 2 aliphatic rings. The number of methoxy groups -OCH3 is 2. The predicted octanol–water partition coefficient (Wildman–Crippen LogP) is 4.58. The molecular formula is C29H26N4O6S. The Balaban J connectivity index is 1.33. The van der Waals surface area contributed by atoms with Crippen molar-refractivity contribution in [3.8, 4) is 11.5 Å². The van der Waals surface area contributed by atoms with Crippen molar-refractivity contribution in [1.29, 1.82) is 0 Å². The number of nitrogens with one attached hydrogen (secondary N) is 1. The number of aromatic carboxylic acids is 1. The van der Waals surface area contributed by atoms with Crippen LogP contribution in [0.2, 0.25) is 0 Å². The molecule has 11 heteroatoms. The summed E-state index contributed by atoms with van der Waals surface area (Å²) in [6, 6.07) is 20.9. The first kappa shape index (κ1) is 26.9. The Morgan fingerprint density at radius 1 is 0.975 bits per heavy atom. The molecule has 2 aliphatic heterocycles. The molecule has 3 aromatic rings. The summed E-state index contributed by atoms with van der Waals surface area (Å²) in [6.45, 7) is 0. The van der Waals surface area contributed by atoms with Crippen LogP contribution < -0.4 is 14.8 Å². The molecule has 2 N–H and O–H groups in total. The minimum Gasteiger partial charge on any atom is -0.497 e. The Bertz CT molecular complexity index is 1490. The van der Waals surface area contributed by atoms with Crippen LogP contribution in [0.25, 0.3) is 0 Å². The van der Waals surface area contributed by atoms with Crippen LogP contribution in [0.1, 0.15) is 40.4 Å². The van der Waals surface area contributed by atoms with Gasteiger partial charge in [-0.3, -0.25) is 9.59 Å². The number of carboxylic acid groups (broad SMARTS) is 1. The standard InChI is InChI=1S/C29H26N4O6S/c1-38-21-11-5-17(6-12-21)23-15-24(18-7-13-22(39-2)14-8-18)33(32-23)29-31-27(35)25(40-29)16-26(34)30-20-9-3-19(4-10-20)28(36)37/h3-14,24-25H,15-16H2,1-2H3,(H,30,34)(H,36,37). The molecule has 2 atom stereocenters. The van der Waals surface area contributed by atoms with Gasteiger partial charge in [0, 0.05) is 18.5 Å². The molecule has 0 aliphatic carbocycles. The molecule has 0 aromatic heterocycles. The Hall–Kier alpha value is -4.64. The van der Waals surface area contributed by atoms with E-state index in [4.69, 9.17) is 19.7 Å². The van der Waals surface area contributed by atoms with Crippen molar-refractivity contribution < 1.29 is 29.0 Å². The van der Waals surface area contributed by atoms with E-state index in [1.807, 2.05) is 48.5 Å². The van der Waals surface area contributed by atoms with E-state index in [0.29, 0.717) is 17.3 Å². The molecule has 0 saturated carbocycles. The van der Waals surface area contributed by atoms with Gasteiger partial charge in [0.15, 0.2) is 5.17 Å². The number of nitrogens with zero attached hydrogens (tertiary/aromatic N) is 3. The van der Waals surface area contributed by atoms with Crippen LogP contribution in [0.15, 0.2) is 82.9 Å². The lowest BCUT2D eigenvalue weighted by atomic mass is 9.98. The first-order valence-electron chi connectivity index (χ1n) is 12.4. The van der Waals surface area contributed by atoms with E-state index in [2.05, 4.69) is 10.3 Å². The maximum atomic E-state index is 12.8. The summed E-state index contributed by atoms with van der Waals surface area (Å²) in [6.07, 6.45) is 0.497. The Labute approximate surface area is 234 Å². The fourth-order valence-electron chi connectivity index (χ4n) is 4.41. The van der Waals surface area contributed by atoms with E-state index >= 15 is 0 Å². The molecule has 0 fully saturated rings. The van der Waals surface area contributed by atoms with E-state index in [1.54, 1.807) is 19.2 Å². The summed E-state index contributed by atoms with van der Waals surface area (Å²) in [4.78, 5) is 40.9. The number of anilines is 1. The van der Waals surface area contributed by atoms with Crippen molar-refractivity contribution in [2.75, 3.05) is 19.5 Å². The first-order valence-corrected chi connectivity index (χ1v) is 13.3. The van der Waals surface area contributed by atoms with Crippen LogP contribution in [0.3, 0.4) is 0 Å². The second-order valence-electron chi connectivity index (χ2n) is 9.09. The first-order chi connectivity index (χ1) is 19.3. The SMILES string of the molecule is COc1ccc(C2=NN(C3=NC(=O)C(CC(=O)Nc4ccc(C(=O)O)cc4)S3)C(c3ccc(OC)cc3)C2)cc1. The molecule has 204 valence electrons. The summed E-state index contributed by atoms with van der Waals surface area (Å²) >= 11 is 1.21. The van der Waals surface area contributed by atoms with E-state index in [-0.39, 0.29) is 23.9 Å². The molecule has 5 rings (SSSR count). The fourth-order valence-corrected chi connectivity index (χ4v) is 5.47. The minimum atomic E-state index is -1.05. The highest BCUT2D eigenvalue weighted by Crippen LogP contribution is 2.39. The van der Waals surface area contributed by atoms with Gasteiger partial charge in [0.2, 0.25) is 5.91 Å². The number of rotatable bonds is 8. The summed E-state index contributed by atoms with van der Waals surface area (Å²) in [5.74, 6) is -0.357. The fraction of sp³-hybridized carbons (Fsp3) is 0.207. The number of hydrogen-bond donors (Lipinski definition) is 2. The van der Waals surface area contributed by atoms with Gasteiger partial charge in [-0.1, -0.05) is 23.9 Å². The van der Waals surface area contributed by atoms with Crippen LogP contribution >= 0.6 is 11.8 Å². The third kappa shape index (κ3) is 5.84. The van der Waals surface area contributed by atoms with E-state index in [9.17, 15) is 14.4 Å². The zero-order valence-corrected chi connectivity index (χ0v) is 22.6. The maximum absolute atomic E-state index is 12.8. The van der Waals surface area contributed by atoms with Crippen molar-refractivity contribution in [3.63, 3.8) is 0 Å². The molecular weight excluding hydrogens is 532 g/mol. The normalized spacial score (nSPS) is 18.2. The van der Waals surface area contributed by atoms with Crippen LogP contribution in [-0.4, -0.2) is 58.2 Å². The number of carbonyl (C=O) groups excluding carboxylic acids is 2. The quantitative estimate of drug-likeness (QED) is 0.411. The number of thioether (sulfide) groups is 1. The van der Waals surface area contributed by atoms with Gasteiger partial charge in [-0.15, -0.1) is 0 Å². The second-order valence-corrected chi connectivity index (χ2v) is 10.3. The van der Waals surface area contributed by atoms with Gasteiger partial charge in [-0.2, -0.15) is 10.1 Å². The molecule has 10 nitrogen and oxygen atoms in total. The lowest BCUT2D eigenvalue weighted by Crippen LogP contribution is -2.25. The molecule has 3 aromatic carbocycles. The van der Waals surface area contributed by atoms with Gasteiger partial charge >= 0.3 is 5.97 Å². The average Bonchev–Trinajstić information content (AvgIpc) is 3.57. The minimum absolute atomic E-state index is 0.0900. The highest BCUT2D eigenvalue weighted by Gasteiger charge is 2.39. The Morgan fingerprint density at radius 3 is 2.20 bits per heavy atom. The summed E-state index contributed by atoms with van der Waals surface area (Å²) < 4.78 is 10.6. The van der Waals surface area contributed by atoms with E-state index in [0.717, 1.165) is 28.3 Å². The molecule has 2 amide bonds. The highest BCUT2D eigenvalue weighted by atomic mass is 32.2. The van der Waals surface area contributed by atoms with Gasteiger partial charge in [0.05, 0.1) is 31.5 Å². The lowest BCUT2D eigenvalue weighted by Gasteiger charge is -2.23. The summed E-state index contributed by atoms with van der Waals surface area (Å²) in [7, 11) is 3.22. The third-order valence-electron chi connectivity index (χ3n) is 6.55. The number of carbonyl (C=O) groups is 3. The van der Waals surface area contributed by atoms with Gasteiger partial charge in [0.1, 0.15) is 16.7 Å². The van der Waals surface area contributed by atoms with Crippen molar-refractivity contribution in [2.45, 2.75) is 24.1 Å². The van der Waals surface area contributed by atoms with E-state index in [1.165, 1.54) is 36.0 Å². The Kier molecular flexibility index (Phi) is 7.83. The molecule has 0 spiro atoms. The van der Waals surface area contributed by atoms with Gasteiger partial charge < -0.3 is 19.9 Å². The largest absolute Gasteiger partial charge is 0.497 e. The number of hydrogen-bond acceptors (Lipinski definition) is 8. The lowest BCUT2D eigenvalue weighted by molar-refractivity contribution is -0.121. The molecule has 0 radical (unpaired) electrons. The number of amidine groups is 1. The number of amides is 2. The van der Waals surface area contributed by atoms with Crippen LogP contribution in [-0.2, 0) is 9.59 Å². The maximum Gasteiger partial charge on any atom is 0.335 e. The summed E-state index contributed by atoms with van der Waals surface area (Å²) in [5.41, 5.74) is 3.31. The molecule has 40 heavy (non-hydrogen) atoms. The van der Waals surface area contributed by atoms with Crippen molar-refractivity contribution in [1.82, 2.24) is 5.01 Å². The molecule has 0 bridgehead atoms. The van der Waals surface area contributed by atoms with Crippen molar-refractivity contribution >= 4 is 46.1 Å².